The van der Waals surface area contributed by atoms with Gasteiger partial charge in [-0.25, -0.2) is 4.98 Å². The number of pyridine rings is 2. The summed E-state index contributed by atoms with van der Waals surface area (Å²) < 4.78 is 0. The van der Waals surface area contributed by atoms with E-state index in [0.717, 1.165) is 37.1 Å². The lowest BCUT2D eigenvalue weighted by Crippen LogP contribution is -2.35. The van der Waals surface area contributed by atoms with Crippen molar-refractivity contribution in [2.24, 2.45) is 0 Å². The number of hydrogen-bond acceptors (Lipinski definition) is 5. The Kier molecular flexibility index (Phi) is 4.75. The summed E-state index contributed by atoms with van der Waals surface area (Å²) in [5.74, 6) is 0.626. The Bertz CT molecular complexity index is 906. The fraction of sp³-hybridized carbons (Fsp3) is 0.250. The largest absolute Gasteiger partial charge is 0.367 e. The van der Waals surface area contributed by atoms with Gasteiger partial charge in [0.25, 0.3) is 5.91 Å². The van der Waals surface area contributed by atoms with Crippen LogP contribution in [-0.2, 0) is 0 Å². The summed E-state index contributed by atoms with van der Waals surface area (Å²) in [7, 11) is 0. The van der Waals surface area contributed by atoms with Crippen molar-refractivity contribution in [3.63, 3.8) is 0 Å². The average Bonchev–Trinajstić information content (AvgIpc) is 2.69. The zero-order valence-electron chi connectivity index (χ0n) is 14.4. The van der Waals surface area contributed by atoms with Crippen LogP contribution in [0.25, 0.3) is 10.9 Å². The van der Waals surface area contributed by atoms with Crippen LogP contribution in [0.3, 0.4) is 0 Å². The van der Waals surface area contributed by atoms with E-state index in [-0.39, 0.29) is 5.91 Å². The summed E-state index contributed by atoms with van der Waals surface area (Å²) in [6, 6.07) is 13.7. The van der Waals surface area contributed by atoms with Crippen molar-refractivity contribution in [2.45, 2.75) is 18.9 Å². The minimum atomic E-state index is -0.185. The van der Waals surface area contributed by atoms with Gasteiger partial charge in [0.05, 0.1) is 23.0 Å². The van der Waals surface area contributed by atoms with E-state index in [0.29, 0.717) is 22.8 Å². The van der Waals surface area contributed by atoms with Gasteiger partial charge in [0.2, 0.25) is 0 Å². The normalized spacial score (nSPS) is 14.9. The highest BCUT2D eigenvalue weighted by Gasteiger charge is 2.15. The Morgan fingerprint density at radius 3 is 2.77 bits per heavy atom. The molecule has 0 radical (unpaired) electrons. The number of aromatic nitrogens is 2. The van der Waals surface area contributed by atoms with Gasteiger partial charge in [-0.3, -0.25) is 9.78 Å². The minimum absolute atomic E-state index is 0.185. The number of amides is 1. The number of rotatable bonds is 4. The van der Waals surface area contributed by atoms with E-state index in [4.69, 9.17) is 4.98 Å². The van der Waals surface area contributed by atoms with E-state index in [1.54, 1.807) is 24.5 Å². The smallest absolute Gasteiger partial charge is 0.257 e. The van der Waals surface area contributed by atoms with Crippen LogP contribution in [0.4, 0.5) is 11.5 Å². The molecule has 0 atom stereocenters. The number of fused-ring (bicyclic) bond motifs is 1. The van der Waals surface area contributed by atoms with E-state index in [1.165, 1.54) is 0 Å². The number of nitrogens with one attached hydrogen (secondary N) is 3. The van der Waals surface area contributed by atoms with Gasteiger partial charge in [-0.05, 0) is 56.3 Å². The maximum Gasteiger partial charge on any atom is 0.257 e. The van der Waals surface area contributed by atoms with E-state index < -0.39 is 0 Å². The van der Waals surface area contributed by atoms with Gasteiger partial charge in [0, 0.05) is 17.6 Å². The van der Waals surface area contributed by atoms with Crippen molar-refractivity contribution in [3.8, 4) is 0 Å². The van der Waals surface area contributed by atoms with Gasteiger partial charge in [-0.1, -0.05) is 12.1 Å². The molecule has 1 fully saturated rings. The first-order valence-corrected chi connectivity index (χ1v) is 8.88. The zero-order valence-corrected chi connectivity index (χ0v) is 14.4. The summed E-state index contributed by atoms with van der Waals surface area (Å²) in [4.78, 5) is 21.5. The van der Waals surface area contributed by atoms with Gasteiger partial charge < -0.3 is 16.0 Å². The highest BCUT2D eigenvalue weighted by atomic mass is 16.1. The molecule has 1 aromatic carbocycles. The van der Waals surface area contributed by atoms with Gasteiger partial charge >= 0.3 is 0 Å². The monoisotopic (exact) mass is 347 g/mol. The quantitative estimate of drug-likeness (QED) is 0.676. The maximum atomic E-state index is 12.7. The molecule has 3 heterocycles. The van der Waals surface area contributed by atoms with Crippen LogP contribution < -0.4 is 16.0 Å². The van der Waals surface area contributed by atoms with Gasteiger partial charge in [0.15, 0.2) is 0 Å². The molecule has 3 aromatic rings. The fourth-order valence-corrected chi connectivity index (χ4v) is 3.22. The first kappa shape index (κ1) is 16.5. The minimum Gasteiger partial charge on any atom is -0.367 e. The lowest BCUT2D eigenvalue weighted by molar-refractivity contribution is 0.102. The molecule has 1 amide bonds. The molecule has 0 spiro atoms. The summed E-state index contributed by atoms with van der Waals surface area (Å²) >= 11 is 0. The number of para-hydroxylation sites is 1. The summed E-state index contributed by atoms with van der Waals surface area (Å²) in [5, 5.41) is 10.7. The second-order valence-electron chi connectivity index (χ2n) is 6.44. The van der Waals surface area contributed by atoms with Crippen molar-refractivity contribution in [2.75, 3.05) is 23.7 Å². The van der Waals surface area contributed by atoms with Crippen LogP contribution in [0, 0.1) is 0 Å². The molecule has 2 aromatic heterocycles. The molecule has 3 N–H and O–H groups in total. The topological polar surface area (TPSA) is 78.9 Å². The third-order valence-electron chi connectivity index (χ3n) is 4.58. The second-order valence-corrected chi connectivity index (χ2v) is 6.44. The molecule has 0 saturated carbocycles. The van der Waals surface area contributed by atoms with E-state index in [9.17, 15) is 4.79 Å². The summed E-state index contributed by atoms with van der Waals surface area (Å²) in [6.07, 6.45) is 5.44. The first-order chi connectivity index (χ1) is 12.8. The molecule has 0 aliphatic carbocycles. The zero-order chi connectivity index (χ0) is 17.8. The van der Waals surface area contributed by atoms with E-state index in [1.807, 2.05) is 30.3 Å². The van der Waals surface area contributed by atoms with Crippen LogP contribution in [-0.4, -0.2) is 35.0 Å². The summed E-state index contributed by atoms with van der Waals surface area (Å²) in [5.41, 5.74) is 1.92. The van der Waals surface area contributed by atoms with Crippen molar-refractivity contribution in [1.29, 1.82) is 0 Å². The number of nitrogens with zero attached hydrogens (tertiary/aromatic N) is 2. The Balaban J connectivity index is 1.61. The Morgan fingerprint density at radius 2 is 1.96 bits per heavy atom. The Morgan fingerprint density at radius 1 is 1.08 bits per heavy atom. The number of benzene rings is 1. The molecule has 6 nitrogen and oxygen atoms in total. The third kappa shape index (κ3) is 3.65. The van der Waals surface area contributed by atoms with Crippen LogP contribution in [0.15, 0.2) is 54.9 Å². The molecule has 0 unspecified atom stereocenters. The van der Waals surface area contributed by atoms with Crippen LogP contribution in [0.5, 0.6) is 0 Å². The highest BCUT2D eigenvalue weighted by molar-refractivity contribution is 6.12. The molecule has 0 bridgehead atoms. The first-order valence-electron chi connectivity index (χ1n) is 8.88. The van der Waals surface area contributed by atoms with E-state index >= 15 is 0 Å². The van der Waals surface area contributed by atoms with Crippen molar-refractivity contribution >= 4 is 28.3 Å². The maximum absolute atomic E-state index is 12.7. The van der Waals surface area contributed by atoms with Crippen molar-refractivity contribution in [1.82, 2.24) is 15.3 Å². The Hall–Kier alpha value is -2.99. The lowest BCUT2D eigenvalue weighted by atomic mass is 10.1. The van der Waals surface area contributed by atoms with Gasteiger partial charge in [0.1, 0.15) is 5.82 Å². The summed E-state index contributed by atoms with van der Waals surface area (Å²) in [6.45, 7) is 2.04. The number of hydrogen-bond donors (Lipinski definition) is 3. The SMILES string of the molecule is O=C(Nc1cccnc1)c1cccc2ccc(NC3CCNCC3)nc12. The van der Waals surface area contributed by atoms with Crippen LogP contribution in [0.1, 0.15) is 23.2 Å². The molecule has 4 rings (SSSR count). The van der Waals surface area contributed by atoms with Gasteiger partial charge in [-0.2, -0.15) is 0 Å². The third-order valence-corrected chi connectivity index (χ3v) is 4.58. The van der Waals surface area contributed by atoms with E-state index in [2.05, 4.69) is 20.9 Å². The molecule has 6 heteroatoms. The number of carbonyl (C=O) groups excluding carboxylic acids is 1. The average molecular weight is 347 g/mol. The molecule has 1 aliphatic rings. The lowest BCUT2D eigenvalue weighted by Gasteiger charge is -2.24. The van der Waals surface area contributed by atoms with Crippen LogP contribution >= 0.6 is 0 Å². The molecule has 132 valence electrons. The predicted octanol–water partition coefficient (Wildman–Crippen LogP) is 3.05. The van der Waals surface area contributed by atoms with Gasteiger partial charge in [-0.15, -0.1) is 0 Å². The van der Waals surface area contributed by atoms with Crippen molar-refractivity contribution in [3.05, 3.63) is 60.4 Å². The molecule has 26 heavy (non-hydrogen) atoms. The molecular weight excluding hydrogens is 326 g/mol. The fourth-order valence-electron chi connectivity index (χ4n) is 3.22. The highest BCUT2D eigenvalue weighted by Crippen LogP contribution is 2.21. The molecule has 1 aliphatic heterocycles. The second kappa shape index (κ2) is 7.49. The Labute approximate surface area is 152 Å². The van der Waals surface area contributed by atoms with Crippen molar-refractivity contribution < 1.29 is 4.79 Å². The number of piperidine rings is 1. The number of carbonyl (C=O) groups is 1. The predicted molar refractivity (Wildman–Crippen MR) is 103 cm³/mol. The number of anilines is 2. The molecule has 1 saturated heterocycles. The van der Waals surface area contributed by atoms with Crippen LogP contribution in [0.2, 0.25) is 0 Å². The molecular formula is C20H21N5O. The standard InChI is InChI=1S/C20H21N5O/c26-20(24-16-4-2-10-22-13-16)17-5-1-3-14-6-7-18(25-19(14)17)23-15-8-11-21-12-9-15/h1-7,10,13,15,21H,8-9,11-12H2,(H,23,25)(H,24,26).